The van der Waals surface area contributed by atoms with Crippen LogP contribution in [-0.2, 0) is 16.4 Å². The van der Waals surface area contributed by atoms with Gasteiger partial charge in [0, 0.05) is 16.9 Å². The van der Waals surface area contributed by atoms with Crippen LogP contribution >= 0.6 is 0 Å². The third kappa shape index (κ3) is 5.43. The smallest absolute Gasteiger partial charge is 0.255 e. The number of nitrogens with one attached hydrogen (secondary N) is 2. The number of hydrogen-bond donors (Lipinski definition) is 2. The van der Waals surface area contributed by atoms with Crippen molar-refractivity contribution in [1.82, 2.24) is 0 Å². The van der Waals surface area contributed by atoms with E-state index < -0.39 is 10.0 Å². The fraction of sp³-hybridized carbons (Fsp3) is 0.0952. The Morgan fingerprint density at radius 1 is 0.889 bits per heavy atom. The lowest BCUT2D eigenvalue weighted by Crippen LogP contribution is -2.15. The third-order valence-corrected chi connectivity index (χ3v) is 4.54. The van der Waals surface area contributed by atoms with E-state index >= 15 is 0 Å². The normalized spacial score (nSPS) is 11.0. The van der Waals surface area contributed by atoms with Crippen molar-refractivity contribution in [1.29, 1.82) is 0 Å². The van der Waals surface area contributed by atoms with Crippen molar-refractivity contribution in [3.05, 3.63) is 95.6 Å². The van der Waals surface area contributed by atoms with Gasteiger partial charge in [0.05, 0.1) is 6.26 Å². The lowest BCUT2D eigenvalue weighted by molar-refractivity contribution is 0.102. The van der Waals surface area contributed by atoms with E-state index in [-0.39, 0.29) is 5.91 Å². The zero-order valence-electron chi connectivity index (χ0n) is 14.8. The second kappa shape index (κ2) is 8.05. The Kier molecular flexibility index (Phi) is 5.57. The maximum Gasteiger partial charge on any atom is 0.255 e. The summed E-state index contributed by atoms with van der Waals surface area (Å²) >= 11 is 0. The summed E-state index contributed by atoms with van der Waals surface area (Å²) in [5.74, 6) is -0.298. The Bertz CT molecular complexity index is 1050. The van der Waals surface area contributed by atoms with Crippen molar-refractivity contribution in [2.24, 2.45) is 0 Å². The first-order chi connectivity index (χ1) is 12.9. The van der Waals surface area contributed by atoms with Gasteiger partial charge in [0.25, 0.3) is 5.91 Å². The monoisotopic (exact) mass is 380 g/mol. The van der Waals surface area contributed by atoms with Gasteiger partial charge in [-0.25, -0.2) is 8.42 Å². The minimum Gasteiger partial charge on any atom is -0.322 e. The van der Waals surface area contributed by atoms with Crippen molar-refractivity contribution in [3.63, 3.8) is 0 Å². The van der Waals surface area contributed by atoms with Crippen LogP contribution < -0.4 is 10.0 Å². The molecule has 0 aliphatic heterocycles. The predicted octanol–water partition coefficient (Wildman–Crippen LogP) is 3.90. The van der Waals surface area contributed by atoms with Gasteiger partial charge in [0.2, 0.25) is 10.0 Å². The Hall–Kier alpha value is -3.12. The van der Waals surface area contributed by atoms with Crippen LogP contribution in [0.15, 0.2) is 78.9 Å². The topological polar surface area (TPSA) is 75.3 Å². The van der Waals surface area contributed by atoms with Crippen LogP contribution in [0.4, 0.5) is 11.4 Å². The number of rotatable bonds is 6. The second-order valence-electron chi connectivity index (χ2n) is 6.23. The Morgan fingerprint density at radius 3 is 2.33 bits per heavy atom. The average Bonchev–Trinajstić information content (AvgIpc) is 2.63. The lowest BCUT2D eigenvalue weighted by atomic mass is 10.0. The summed E-state index contributed by atoms with van der Waals surface area (Å²) in [5.41, 5.74) is 3.61. The third-order valence-electron chi connectivity index (χ3n) is 3.93. The Morgan fingerprint density at radius 2 is 1.59 bits per heavy atom. The average molecular weight is 380 g/mol. The molecule has 1 amide bonds. The molecule has 0 unspecified atom stereocenters. The number of hydrogen-bond acceptors (Lipinski definition) is 3. The molecule has 138 valence electrons. The van der Waals surface area contributed by atoms with E-state index in [2.05, 4.69) is 10.0 Å². The highest BCUT2D eigenvalue weighted by Crippen LogP contribution is 2.21. The van der Waals surface area contributed by atoms with Crippen molar-refractivity contribution >= 4 is 27.3 Å². The molecule has 5 nitrogen and oxygen atoms in total. The first kappa shape index (κ1) is 18.7. The molecular weight excluding hydrogens is 360 g/mol. The molecule has 0 aliphatic carbocycles. The van der Waals surface area contributed by atoms with Gasteiger partial charge in [-0.3, -0.25) is 9.52 Å². The standard InChI is InChI=1S/C21H20N2O3S/c1-27(25,26)23-19-12-7-11-18(15-19)21(24)22-20-13-6-5-10-17(20)14-16-8-3-2-4-9-16/h2-13,15,23H,14H2,1H3,(H,22,24). The number of anilines is 2. The molecule has 2 N–H and O–H groups in total. The SMILES string of the molecule is CS(=O)(=O)Nc1cccc(C(=O)Nc2ccccc2Cc2ccccc2)c1. The van der Waals surface area contributed by atoms with Crippen LogP contribution in [0.1, 0.15) is 21.5 Å². The molecule has 0 aromatic heterocycles. The fourth-order valence-electron chi connectivity index (χ4n) is 2.74. The van der Waals surface area contributed by atoms with Gasteiger partial charge >= 0.3 is 0 Å². The van der Waals surface area contributed by atoms with E-state index in [0.717, 1.165) is 23.1 Å². The quantitative estimate of drug-likeness (QED) is 0.681. The van der Waals surface area contributed by atoms with E-state index in [1.165, 1.54) is 6.07 Å². The molecule has 0 saturated carbocycles. The summed E-state index contributed by atoms with van der Waals surface area (Å²) in [5, 5.41) is 2.92. The number of carbonyl (C=O) groups excluding carboxylic acids is 1. The van der Waals surface area contributed by atoms with Gasteiger partial charge in [-0.05, 0) is 41.8 Å². The predicted molar refractivity (Wildman–Crippen MR) is 109 cm³/mol. The van der Waals surface area contributed by atoms with E-state index in [1.807, 2.05) is 54.6 Å². The first-order valence-corrected chi connectivity index (χ1v) is 10.3. The molecule has 0 saturated heterocycles. The highest BCUT2D eigenvalue weighted by atomic mass is 32.2. The molecule has 0 aliphatic rings. The zero-order chi connectivity index (χ0) is 19.3. The van der Waals surface area contributed by atoms with Crippen molar-refractivity contribution in [2.45, 2.75) is 6.42 Å². The summed E-state index contributed by atoms with van der Waals surface area (Å²) in [4.78, 5) is 12.6. The van der Waals surface area contributed by atoms with Crippen LogP contribution in [0, 0.1) is 0 Å². The van der Waals surface area contributed by atoms with E-state index in [1.54, 1.807) is 18.2 Å². The number of amides is 1. The molecule has 3 aromatic rings. The zero-order valence-corrected chi connectivity index (χ0v) is 15.7. The van der Waals surface area contributed by atoms with Gasteiger partial charge in [-0.2, -0.15) is 0 Å². The van der Waals surface area contributed by atoms with Crippen molar-refractivity contribution in [3.8, 4) is 0 Å². The second-order valence-corrected chi connectivity index (χ2v) is 7.98. The lowest BCUT2D eigenvalue weighted by Gasteiger charge is -2.12. The molecule has 0 fully saturated rings. The maximum atomic E-state index is 12.6. The summed E-state index contributed by atoms with van der Waals surface area (Å²) in [6, 6.07) is 24.0. The summed E-state index contributed by atoms with van der Waals surface area (Å²) in [6.45, 7) is 0. The minimum absolute atomic E-state index is 0.298. The molecule has 3 rings (SSSR count). The Labute approximate surface area is 159 Å². The van der Waals surface area contributed by atoms with Gasteiger partial charge in [-0.15, -0.1) is 0 Å². The van der Waals surface area contributed by atoms with Crippen LogP contribution in [0.3, 0.4) is 0 Å². The summed E-state index contributed by atoms with van der Waals surface area (Å²) < 4.78 is 25.1. The molecule has 0 bridgehead atoms. The number of para-hydroxylation sites is 1. The molecular formula is C21H20N2O3S. The summed E-state index contributed by atoms with van der Waals surface area (Å²) in [6.07, 6.45) is 1.77. The fourth-order valence-corrected chi connectivity index (χ4v) is 3.30. The summed E-state index contributed by atoms with van der Waals surface area (Å²) in [7, 11) is -3.40. The molecule has 0 radical (unpaired) electrons. The number of benzene rings is 3. The number of carbonyl (C=O) groups is 1. The van der Waals surface area contributed by atoms with Crippen LogP contribution in [0.5, 0.6) is 0 Å². The Balaban J connectivity index is 1.80. The highest BCUT2D eigenvalue weighted by molar-refractivity contribution is 7.92. The first-order valence-electron chi connectivity index (χ1n) is 8.42. The molecule has 0 heterocycles. The largest absolute Gasteiger partial charge is 0.322 e. The molecule has 0 spiro atoms. The van der Waals surface area contributed by atoms with E-state index in [0.29, 0.717) is 17.7 Å². The molecule has 6 heteroatoms. The van der Waals surface area contributed by atoms with Gasteiger partial charge in [-0.1, -0.05) is 54.6 Å². The van der Waals surface area contributed by atoms with Crippen molar-refractivity contribution in [2.75, 3.05) is 16.3 Å². The van der Waals surface area contributed by atoms with Gasteiger partial charge in [0.15, 0.2) is 0 Å². The van der Waals surface area contributed by atoms with E-state index in [9.17, 15) is 13.2 Å². The van der Waals surface area contributed by atoms with Crippen LogP contribution in [-0.4, -0.2) is 20.6 Å². The van der Waals surface area contributed by atoms with Crippen LogP contribution in [0.2, 0.25) is 0 Å². The van der Waals surface area contributed by atoms with Gasteiger partial charge < -0.3 is 5.32 Å². The van der Waals surface area contributed by atoms with Crippen molar-refractivity contribution < 1.29 is 13.2 Å². The molecule has 3 aromatic carbocycles. The molecule has 27 heavy (non-hydrogen) atoms. The molecule has 0 atom stereocenters. The van der Waals surface area contributed by atoms with E-state index in [4.69, 9.17) is 0 Å². The maximum absolute atomic E-state index is 12.6. The number of sulfonamides is 1. The van der Waals surface area contributed by atoms with Crippen LogP contribution in [0.25, 0.3) is 0 Å². The highest BCUT2D eigenvalue weighted by Gasteiger charge is 2.11. The minimum atomic E-state index is -3.40. The van der Waals surface area contributed by atoms with Gasteiger partial charge in [0.1, 0.15) is 0 Å².